The fourth-order valence-corrected chi connectivity index (χ4v) is 1.98. The quantitative estimate of drug-likeness (QED) is 0.895. The zero-order valence-electron chi connectivity index (χ0n) is 12.7. The molecule has 0 aliphatic heterocycles. The third-order valence-electron chi connectivity index (χ3n) is 2.95. The van der Waals surface area contributed by atoms with E-state index in [4.69, 9.17) is 15.6 Å². The Balaban J connectivity index is 2.27. The highest BCUT2D eigenvalue weighted by atomic mass is 16.6. The maximum atomic E-state index is 12.1. The molecule has 2 aromatic rings. The van der Waals surface area contributed by atoms with Crippen LogP contribution in [0.3, 0.4) is 0 Å². The molecule has 22 heavy (non-hydrogen) atoms. The number of fused-ring (bicyclic) bond motifs is 1. The van der Waals surface area contributed by atoms with Crippen molar-refractivity contribution in [2.24, 2.45) is 5.73 Å². The zero-order chi connectivity index (χ0) is 16.5. The molecule has 2 heterocycles. The predicted octanol–water partition coefficient (Wildman–Crippen LogP) is 1.77. The Morgan fingerprint density at radius 1 is 1.45 bits per heavy atom. The van der Waals surface area contributed by atoms with Crippen LogP contribution in [0.5, 0.6) is 0 Å². The Bertz CT molecular complexity index is 715. The standard InChI is InChI=1S/C15H19N3O4/c1-15(2,3)22-14(21)18-5-4-10-6-9(8-17-12(10)18)7-11(16)13(19)20/h4-6,8,11H,7,16H2,1-3H3,(H,19,20). The van der Waals surface area contributed by atoms with Gasteiger partial charge in [0.05, 0.1) is 0 Å². The Kier molecular flexibility index (Phi) is 4.18. The number of aromatic nitrogens is 2. The van der Waals surface area contributed by atoms with Crippen LogP contribution >= 0.6 is 0 Å². The van der Waals surface area contributed by atoms with Gasteiger partial charge >= 0.3 is 12.1 Å². The molecule has 3 N–H and O–H groups in total. The number of nitrogens with two attached hydrogens (primary N) is 1. The molecule has 7 nitrogen and oxygen atoms in total. The molecular weight excluding hydrogens is 286 g/mol. The van der Waals surface area contributed by atoms with Gasteiger partial charge in [0.1, 0.15) is 17.3 Å². The van der Waals surface area contributed by atoms with Crippen LogP contribution in [0.1, 0.15) is 26.3 Å². The lowest BCUT2D eigenvalue weighted by Crippen LogP contribution is -2.32. The summed E-state index contributed by atoms with van der Waals surface area (Å²) in [6, 6.07) is 2.51. The normalized spacial score (nSPS) is 13.1. The number of carboxylic acids is 1. The van der Waals surface area contributed by atoms with Gasteiger partial charge in [-0.3, -0.25) is 4.79 Å². The van der Waals surface area contributed by atoms with Gasteiger partial charge in [-0.25, -0.2) is 14.3 Å². The van der Waals surface area contributed by atoms with E-state index in [-0.39, 0.29) is 6.42 Å². The van der Waals surface area contributed by atoms with E-state index >= 15 is 0 Å². The second kappa shape index (κ2) is 5.76. The van der Waals surface area contributed by atoms with Crippen molar-refractivity contribution in [1.82, 2.24) is 9.55 Å². The van der Waals surface area contributed by atoms with Crippen molar-refractivity contribution in [1.29, 1.82) is 0 Å². The number of ether oxygens (including phenoxy) is 1. The summed E-state index contributed by atoms with van der Waals surface area (Å²) >= 11 is 0. The molecule has 0 fully saturated rings. The van der Waals surface area contributed by atoms with Gasteiger partial charge in [0.2, 0.25) is 0 Å². The van der Waals surface area contributed by atoms with Gasteiger partial charge in [0.15, 0.2) is 0 Å². The summed E-state index contributed by atoms with van der Waals surface area (Å²) in [5, 5.41) is 9.55. The summed E-state index contributed by atoms with van der Waals surface area (Å²) < 4.78 is 6.62. The first kappa shape index (κ1) is 16.0. The monoisotopic (exact) mass is 305 g/mol. The molecule has 0 saturated heterocycles. The summed E-state index contributed by atoms with van der Waals surface area (Å²) in [7, 11) is 0. The molecule has 118 valence electrons. The lowest BCUT2D eigenvalue weighted by atomic mass is 10.1. The SMILES string of the molecule is CC(C)(C)OC(=O)n1ccc2cc(CC(N)C(=O)O)cnc21. The summed E-state index contributed by atoms with van der Waals surface area (Å²) in [6.45, 7) is 5.36. The van der Waals surface area contributed by atoms with Gasteiger partial charge in [-0.15, -0.1) is 0 Å². The van der Waals surface area contributed by atoms with Crippen LogP contribution in [-0.4, -0.2) is 38.4 Å². The van der Waals surface area contributed by atoms with Gasteiger partial charge < -0.3 is 15.6 Å². The van der Waals surface area contributed by atoms with Gasteiger partial charge in [-0.2, -0.15) is 0 Å². The summed E-state index contributed by atoms with van der Waals surface area (Å²) in [5.41, 5.74) is 6.07. The highest BCUT2D eigenvalue weighted by molar-refractivity contribution is 5.87. The average Bonchev–Trinajstić information content (AvgIpc) is 2.79. The second-order valence-corrected chi connectivity index (χ2v) is 6.07. The van der Waals surface area contributed by atoms with Gasteiger partial charge in [-0.05, 0) is 44.9 Å². The zero-order valence-corrected chi connectivity index (χ0v) is 12.7. The molecule has 0 amide bonds. The van der Waals surface area contributed by atoms with E-state index in [0.29, 0.717) is 11.2 Å². The van der Waals surface area contributed by atoms with Crippen LogP contribution in [0.25, 0.3) is 11.0 Å². The van der Waals surface area contributed by atoms with E-state index in [1.165, 1.54) is 10.8 Å². The molecule has 1 atom stereocenters. The maximum Gasteiger partial charge on any atom is 0.420 e. The first-order valence-electron chi connectivity index (χ1n) is 6.85. The predicted molar refractivity (Wildman–Crippen MR) is 80.7 cm³/mol. The fraction of sp³-hybridized carbons (Fsp3) is 0.400. The Labute approximate surface area is 127 Å². The fourth-order valence-electron chi connectivity index (χ4n) is 1.98. The third kappa shape index (κ3) is 3.62. The Hall–Kier alpha value is -2.41. The van der Waals surface area contributed by atoms with Crippen molar-refractivity contribution in [2.75, 3.05) is 0 Å². The van der Waals surface area contributed by atoms with Crippen molar-refractivity contribution in [3.05, 3.63) is 30.1 Å². The Morgan fingerprint density at radius 2 is 2.14 bits per heavy atom. The van der Waals surface area contributed by atoms with Crippen molar-refractivity contribution < 1.29 is 19.4 Å². The minimum atomic E-state index is -1.06. The number of rotatable bonds is 3. The molecule has 0 radical (unpaired) electrons. The number of carboxylic acid groups (broad SMARTS) is 1. The highest BCUT2D eigenvalue weighted by Crippen LogP contribution is 2.18. The summed E-state index contributed by atoms with van der Waals surface area (Å²) in [6.07, 6.45) is 2.76. The van der Waals surface area contributed by atoms with Crippen LogP contribution in [0.2, 0.25) is 0 Å². The van der Waals surface area contributed by atoms with Crippen LogP contribution in [0.15, 0.2) is 24.5 Å². The largest absolute Gasteiger partial charge is 0.480 e. The van der Waals surface area contributed by atoms with Crippen molar-refractivity contribution in [2.45, 2.75) is 38.8 Å². The second-order valence-electron chi connectivity index (χ2n) is 6.07. The molecule has 1 unspecified atom stereocenters. The lowest BCUT2D eigenvalue weighted by Gasteiger charge is -2.19. The van der Waals surface area contributed by atoms with Crippen molar-refractivity contribution in [3.8, 4) is 0 Å². The number of hydrogen-bond donors (Lipinski definition) is 2. The molecule has 7 heteroatoms. The topological polar surface area (TPSA) is 107 Å². The number of hydrogen-bond acceptors (Lipinski definition) is 5. The van der Waals surface area contributed by atoms with Crippen LogP contribution < -0.4 is 5.73 Å². The number of aliphatic carboxylic acids is 1. The maximum absolute atomic E-state index is 12.1. The number of pyridine rings is 1. The summed E-state index contributed by atoms with van der Waals surface area (Å²) in [5.74, 6) is -1.06. The smallest absolute Gasteiger partial charge is 0.420 e. The number of nitrogens with zero attached hydrogens (tertiary/aromatic N) is 2. The minimum absolute atomic E-state index is 0.176. The Morgan fingerprint density at radius 3 is 2.73 bits per heavy atom. The van der Waals surface area contributed by atoms with E-state index in [2.05, 4.69) is 4.98 Å². The molecule has 0 aliphatic rings. The van der Waals surface area contributed by atoms with E-state index in [1.807, 2.05) is 0 Å². The van der Waals surface area contributed by atoms with Crippen molar-refractivity contribution in [3.63, 3.8) is 0 Å². The van der Waals surface area contributed by atoms with Crippen LogP contribution in [0, 0.1) is 0 Å². The van der Waals surface area contributed by atoms with Gasteiger partial charge in [0, 0.05) is 17.8 Å². The number of carbonyl (C=O) groups is 2. The van der Waals surface area contributed by atoms with Crippen LogP contribution in [0.4, 0.5) is 4.79 Å². The molecule has 0 aromatic carbocycles. The van der Waals surface area contributed by atoms with Gasteiger partial charge in [-0.1, -0.05) is 0 Å². The first-order chi connectivity index (χ1) is 10.2. The molecule has 2 rings (SSSR count). The lowest BCUT2D eigenvalue weighted by molar-refractivity contribution is -0.138. The van der Waals surface area contributed by atoms with E-state index in [0.717, 1.165) is 5.39 Å². The van der Waals surface area contributed by atoms with E-state index in [9.17, 15) is 9.59 Å². The van der Waals surface area contributed by atoms with Gasteiger partial charge in [0.25, 0.3) is 0 Å². The average molecular weight is 305 g/mol. The van der Waals surface area contributed by atoms with Crippen LogP contribution in [-0.2, 0) is 16.0 Å². The highest BCUT2D eigenvalue weighted by Gasteiger charge is 2.20. The number of carbonyl (C=O) groups excluding carboxylic acids is 1. The molecular formula is C15H19N3O4. The summed E-state index contributed by atoms with van der Waals surface area (Å²) in [4.78, 5) is 27.1. The minimum Gasteiger partial charge on any atom is -0.480 e. The molecule has 0 bridgehead atoms. The molecule has 0 spiro atoms. The van der Waals surface area contributed by atoms with E-state index in [1.54, 1.807) is 39.1 Å². The molecule has 0 saturated carbocycles. The molecule has 2 aromatic heterocycles. The molecule has 0 aliphatic carbocycles. The third-order valence-corrected chi connectivity index (χ3v) is 2.95. The van der Waals surface area contributed by atoms with Crippen molar-refractivity contribution >= 4 is 23.1 Å². The first-order valence-corrected chi connectivity index (χ1v) is 6.85. The van der Waals surface area contributed by atoms with E-state index < -0.39 is 23.7 Å².